The van der Waals surface area contributed by atoms with Gasteiger partial charge in [0.05, 0.1) is 12.7 Å². The van der Waals surface area contributed by atoms with E-state index in [0.29, 0.717) is 24.5 Å². The second kappa shape index (κ2) is 4.22. The molecule has 80 valence electrons. The Labute approximate surface area is 86.7 Å². The molecule has 0 aromatic carbocycles. The average Bonchev–Trinajstić information content (AvgIpc) is 2.55. The number of ketones is 1. The molecule has 1 aromatic heterocycles. The number of carbonyl (C=O) groups excluding carboxylic acids is 1. The highest BCUT2D eigenvalue weighted by Crippen LogP contribution is 2.16. The van der Waals surface area contributed by atoms with Gasteiger partial charge in [0.1, 0.15) is 12.4 Å². The fraction of sp³-hybridized carbons (Fsp3) is 0.444. The van der Waals surface area contributed by atoms with Crippen LogP contribution >= 0.6 is 0 Å². The number of aliphatic imine (C=N–C) groups is 1. The lowest BCUT2D eigenvalue weighted by Crippen LogP contribution is -2.07. The van der Waals surface area contributed by atoms with Crippen LogP contribution in [0.5, 0.6) is 0 Å². The third kappa shape index (κ3) is 1.89. The Morgan fingerprint density at radius 2 is 2.47 bits per heavy atom. The number of nitrogens with one attached hydrogen (secondary N) is 1. The van der Waals surface area contributed by atoms with Crippen LogP contribution in [0.25, 0.3) is 0 Å². The molecule has 0 saturated heterocycles. The van der Waals surface area contributed by atoms with Crippen LogP contribution in [0.3, 0.4) is 0 Å². The minimum Gasteiger partial charge on any atom is -0.396 e. The number of aliphatic hydroxyl groups is 1. The Balaban J connectivity index is 2.27. The number of anilines is 1. The van der Waals surface area contributed by atoms with Crippen LogP contribution in [-0.4, -0.2) is 39.9 Å². The molecule has 0 amide bonds. The van der Waals surface area contributed by atoms with Crippen LogP contribution in [-0.2, 0) is 6.54 Å². The van der Waals surface area contributed by atoms with Crippen LogP contribution in [0, 0.1) is 0 Å². The lowest BCUT2D eigenvalue weighted by Gasteiger charge is -2.06. The van der Waals surface area contributed by atoms with Crippen LogP contribution in [0.2, 0.25) is 0 Å². The van der Waals surface area contributed by atoms with Gasteiger partial charge in [0.2, 0.25) is 5.78 Å². The lowest BCUT2D eigenvalue weighted by atomic mass is 10.3. The molecule has 0 aliphatic carbocycles. The molecule has 0 unspecified atom stereocenters. The summed E-state index contributed by atoms with van der Waals surface area (Å²) in [5.74, 6) is 0.573. The van der Waals surface area contributed by atoms with E-state index >= 15 is 0 Å². The van der Waals surface area contributed by atoms with Gasteiger partial charge in [-0.1, -0.05) is 0 Å². The first-order valence-corrected chi connectivity index (χ1v) is 4.77. The van der Waals surface area contributed by atoms with Crippen molar-refractivity contribution in [3.05, 3.63) is 12.0 Å². The van der Waals surface area contributed by atoms with E-state index in [9.17, 15) is 4.79 Å². The van der Waals surface area contributed by atoms with Gasteiger partial charge in [-0.3, -0.25) is 9.79 Å². The van der Waals surface area contributed by atoms with E-state index in [1.54, 1.807) is 10.9 Å². The van der Waals surface area contributed by atoms with Crippen molar-refractivity contribution in [3.8, 4) is 0 Å². The summed E-state index contributed by atoms with van der Waals surface area (Å²) < 4.78 is 1.81. The lowest BCUT2D eigenvalue weighted by molar-refractivity contribution is 0.0999. The number of imidazole rings is 1. The summed E-state index contributed by atoms with van der Waals surface area (Å²) in [6.45, 7) is 0.888. The van der Waals surface area contributed by atoms with Gasteiger partial charge in [0, 0.05) is 13.2 Å². The Morgan fingerprint density at radius 3 is 3.27 bits per heavy atom. The monoisotopic (exact) mass is 208 g/mol. The van der Waals surface area contributed by atoms with Crippen molar-refractivity contribution in [2.75, 3.05) is 18.5 Å². The zero-order valence-corrected chi connectivity index (χ0v) is 8.18. The predicted octanol–water partition coefficient (Wildman–Crippen LogP) is -0.0980. The second-order valence-corrected chi connectivity index (χ2v) is 3.25. The minimum atomic E-state index is -0.0889. The van der Waals surface area contributed by atoms with Gasteiger partial charge in [0.25, 0.3) is 0 Å². The summed E-state index contributed by atoms with van der Waals surface area (Å²) in [6, 6.07) is 0. The first-order chi connectivity index (χ1) is 7.33. The summed E-state index contributed by atoms with van der Waals surface area (Å²) in [5.41, 5.74) is 0.422. The molecule has 1 aliphatic rings. The maximum Gasteiger partial charge on any atom is 0.206 e. The van der Waals surface area contributed by atoms with Crippen molar-refractivity contribution in [1.29, 1.82) is 0 Å². The van der Waals surface area contributed by atoms with E-state index in [-0.39, 0.29) is 18.9 Å². The third-order valence-corrected chi connectivity index (χ3v) is 2.19. The molecular weight excluding hydrogens is 196 g/mol. The smallest absolute Gasteiger partial charge is 0.206 e. The molecule has 15 heavy (non-hydrogen) atoms. The third-order valence-electron chi connectivity index (χ3n) is 2.19. The number of aliphatic hydroxyl groups excluding tert-OH is 1. The van der Waals surface area contributed by atoms with E-state index in [0.717, 1.165) is 0 Å². The van der Waals surface area contributed by atoms with E-state index in [1.807, 2.05) is 0 Å². The van der Waals surface area contributed by atoms with Crippen molar-refractivity contribution in [3.63, 3.8) is 0 Å². The molecule has 2 heterocycles. The molecule has 0 radical (unpaired) electrons. The second-order valence-electron chi connectivity index (χ2n) is 3.25. The topological polar surface area (TPSA) is 79.5 Å². The number of aromatic nitrogens is 2. The minimum absolute atomic E-state index is 0.0889. The molecule has 1 aliphatic heterocycles. The van der Waals surface area contributed by atoms with Crippen molar-refractivity contribution in [1.82, 2.24) is 9.55 Å². The highest BCUT2D eigenvalue weighted by Gasteiger charge is 2.18. The molecule has 0 atom stereocenters. The summed E-state index contributed by atoms with van der Waals surface area (Å²) in [7, 11) is 0. The van der Waals surface area contributed by atoms with Gasteiger partial charge in [-0.05, 0) is 6.42 Å². The molecule has 2 rings (SSSR count). The average molecular weight is 208 g/mol. The van der Waals surface area contributed by atoms with Crippen LogP contribution in [0.4, 0.5) is 5.82 Å². The van der Waals surface area contributed by atoms with Gasteiger partial charge in [-0.2, -0.15) is 0 Å². The van der Waals surface area contributed by atoms with Crippen molar-refractivity contribution < 1.29 is 9.90 Å². The van der Waals surface area contributed by atoms with E-state index in [2.05, 4.69) is 15.3 Å². The fourth-order valence-electron chi connectivity index (χ4n) is 1.46. The van der Waals surface area contributed by atoms with Gasteiger partial charge in [-0.15, -0.1) is 0 Å². The first kappa shape index (κ1) is 9.85. The van der Waals surface area contributed by atoms with Crippen LogP contribution < -0.4 is 5.32 Å². The largest absolute Gasteiger partial charge is 0.396 e. The number of hydrogen-bond acceptors (Lipinski definition) is 5. The van der Waals surface area contributed by atoms with Gasteiger partial charge < -0.3 is 15.0 Å². The van der Waals surface area contributed by atoms with Gasteiger partial charge in [0.15, 0.2) is 5.69 Å². The van der Waals surface area contributed by atoms with Crippen LogP contribution in [0.15, 0.2) is 11.3 Å². The number of hydrogen-bond donors (Lipinski definition) is 2. The summed E-state index contributed by atoms with van der Waals surface area (Å²) in [6.07, 6.45) is 3.74. The molecule has 0 bridgehead atoms. The normalized spacial score (nSPS) is 14.6. The van der Waals surface area contributed by atoms with E-state index in [4.69, 9.17) is 5.11 Å². The van der Waals surface area contributed by atoms with Gasteiger partial charge in [-0.25, -0.2) is 4.98 Å². The zero-order chi connectivity index (χ0) is 10.7. The highest BCUT2D eigenvalue weighted by atomic mass is 16.3. The number of Topliss-reactive ketones (excluding diaryl/α,β-unsaturated/α-hetero) is 1. The van der Waals surface area contributed by atoms with Crippen molar-refractivity contribution in [2.24, 2.45) is 4.99 Å². The number of fused-ring (bicyclic) bond motifs is 1. The molecule has 2 N–H and O–H groups in total. The van der Waals surface area contributed by atoms with Crippen LogP contribution in [0.1, 0.15) is 16.9 Å². The Morgan fingerprint density at radius 1 is 1.60 bits per heavy atom. The SMILES string of the molecule is O=C1CN=CNc2c1ncn2CCCO. The molecule has 1 aromatic rings. The maximum absolute atomic E-state index is 11.5. The van der Waals surface area contributed by atoms with Crippen molar-refractivity contribution >= 4 is 17.9 Å². The highest BCUT2D eigenvalue weighted by molar-refractivity contribution is 6.03. The Kier molecular flexibility index (Phi) is 2.77. The van der Waals surface area contributed by atoms with E-state index in [1.165, 1.54) is 6.34 Å². The predicted molar refractivity (Wildman–Crippen MR) is 55.2 cm³/mol. The van der Waals surface area contributed by atoms with Gasteiger partial charge >= 0.3 is 0 Å². The fourth-order valence-corrected chi connectivity index (χ4v) is 1.46. The molecule has 0 spiro atoms. The Hall–Kier alpha value is -1.69. The maximum atomic E-state index is 11.5. The number of carbonyl (C=O) groups is 1. The number of nitrogens with zero attached hydrogens (tertiary/aromatic N) is 3. The molecule has 6 heteroatoms. The first-order valence-electron chi connectivity index (χ1n) is 4.77. The number of rotatable bonds is 3. The zero-order valence-electron chi connectivity index (χ0n) is 8.18. The number of aryl methyl sites for hydroxylation is 1. The molecule has 6 nitrogen and oxygen atoms in total. The van der Waals surface area contributed by atoms with E-state index < -0.39 is 0 Å². The molecule has 0 saturated carbocycles. The quantitative estimate of drug-likeness (QED) is 0.727. The summed E-state index contributed by atoms with van der Waals surface area (Å²) >= 11 is 0. The summed E-state index contributed by atoms with van der Waals surface area (Å²) in [4.78, 5) is 19.4. The molecule has 0 fully saturated rings. The standard InChI is InChI=1S/C9H12N4O2/c14-3-1-2-13-6-12-8-7(15)4-10-5-11-9(8)13/h5-6,14H,1-4H2,(H,10,11). The summed E-state index contributed by atoms with van der Waals surface area (Å²) in [5, 5.41) is 11.6. The van der Waals surface area contributed by atoms with Crippen molar-refractivity contribution in [2.45, 2.75) is 13.0 Å². The molecular formula is C9H12N4O2. The Bertz CT molecular complexity index is 397.